The van der Waals surface area contributed by atoms with Crippen LogP contribution in [-0.4, -0.2) is 60.1 Å². The van der Waals surface area contributed by atoms with Gasteiger partial charge in [-0.2, -0.15) is 0 Å². The highest BCUT2D eigenvalue weighted by atomic mass is 16.5. The Balaban J connectivity index is 1.76. The quantitative estimate of drug-likeness (QED) is 0.491. The number of carbonyl (C=O) groups is 1. The van der Waals surface area contributed by atoms with Crippen molar-refractivity contribution >= 4 is 5.91 Å². The molecule has 2 heterocycles. The first-order valence-corrected chi connectivity index (χ1v) is 10.8. The van der Waals surface area contributed by atoms with E-state index in [1.54, 1.807) is 12.4 Å². The van der Waals surface area contributed by atoms with Crippen molar-refractivity contribution in [2.45, 2.75) is 64.8 Å². The third kappa shape index (κ3) is 9.34. The Labute approximate surface area is 165 Å². The number of hydrogen-bond acceptors (Lipinski definition) is 4. The predicted molar refractivity (Wildman–Crippen MR) is 110 cm³/mol. The van der Waals surface area contributed by atoms with Gasteiger partial charge in [0, 0.05) is 51.5 Å². The van der Waals surface area contributed by atoms with Crippen molar-refractivity contribution in [2.24, 2.45) is 0 Å². The number of carbonyl (C=O) groups excluding carboxylic acids is 1. The van der Waals surface area contributed by atoms with E-state index in [0.717, 1.165) is 57.8 Å². The summed E-state index contributed by atoms with van der Waals surface area (Å²) in [7, 11) is 0. The Morgan fingerprint density at radius 2 is 1.78 bits per heavy atom. The number of morpholine rings is 1. The maximum Gasteiger partial charge on any atom is 0.222 e. The highest BCUT2D eigenvalue weighted by molar-refractivity contribution is 5.76. The number of nitrogens with zero attached hydrogens (tertiary/aromatic N) is 3. The van der Waals surface area contributed by atoms with Gasteiger partial charge in [-0.3, -0.25) is 14.7 Å². The van der Waals surface area contributed by atoms with E-state index in [0.29, 0.717) is 18.9 Å². The average Bonchev–Trinajstić information content (AvgIpc) is 2.71. The molecule has 1 amide bonds. The van der Waals surface area contributed by atoms with Gasteiger partial charge in [0.05, 0.1) is 13.2 Å². The zero-order chi connectivity index (χ0) is 19.2. The molecule has 1 aliphatic rings. The first-order valence-electron chi connectivity index (χ1n) is 10.8. The topological polar surface area (TPSA) is 45.7 Å². The highest BCUT2D eigenvalue weighted by Gasteiger charge is 2.15. The van der Waals surface area contributed by atoms with Crippen molar-refractivity contribution in [3.05, 3.63) is 30.1 Å². The predicted octanol–water partition coefficient (Wildman–Crippen LogP) is 3.88. The number of ether oxygens (including phenoxy) is 1. The van der Waals surface area contributed by atoms with E-state index in [9.17, 15) is 4.79 Å². The third-order valence-electron chi connectivity index (χ3n) is 5.23. The van der Waals surface area contributed by atoms with E-state index >= 15 is 0 Å². The molecule has 0 aromatic carbocycles. The molecule has 0 atom stereocenters. The van der Waals surface area contributed by atoms with Crippen molar-refractivity contribution in [1.29, 1.82) is 0 Å². The first kappa shape index (κ1) is 21.8. The number of unbranched alkanes of at least 4 members (excludes halogenated alkanes) is 5. The number of aromatic nitrogens is 1. The summed E-state index contributed by atoms with van der Waals surface area (Å²) in [5.74, 6) is 0.296. The molecular formula is C22H37N3O2. The van der Waals surface area contributed by atoms with E-state index in [1.807, 2.05) is 17.0 Å². The molecule has 0 saturated carbocycles. The highest BCUT2D eigenvalue weighted by Crippen LogP contribution is 2.12. The van der Waals surface area contributed by atoms with Crippen LogP contribution in [0.5, 0.6) is 0 Å². The summed E-state index contributed by atoms with van der Waals surface area (Å²) in [5, 5.41) is 0. The van der Waals surface area contributed by atoms with Crippen molar-refractivity contribution < 1.29 is 9.53 Å². The Morgan fingerprint density at radius 1 is 1.07 bits per heavy atom. The van der Waals surface area contributed by atoms with Gasteiger partial charge in [-0.05, 0) is 30.5 Å². The number of amides is 1. The van der Waals surface area contributed by atoms with Gasteiger partial charge in [-0.15, -0.1) is 0 Å². The molecule has 1 saturated heterocycles. The molecular weight excluding hydrogens is 338 g/mol. The largest absolute Gasteiger partial charge is 0.379 e. The van der Waals surface area contributed by atoms with Gasteiger partial charge in [0.1, 0.15) is 0 Å². The minimum atomic E-state index is 0.296. The lowest BCUT2D eigenvalue weighted by atomic mass is 10.1. The maximum absolute atomic E-state index is 12.8. The molecule has 152 valence electrons. The van der Waals surface area contributed by atoms with E-state index in [4.69, 9.17) is 4.74 Å². The van der Waals surface area contributed by atoms with Crippen LogP contribution in [-0.2, 0) is 16.1 Å². The van der Waals surface area contributed by atoms with Crippen LogP contribution < -0.4 is 0 Å². The minimum Gasteiger partial charge on any atom is -0.379 e. The molecule has 27 heavy (non-hydrogen) atoms. The maximum atomic E-state index is 12.8. The second-order valence-corrected chi connectivity index (χ2v) is 7.50. The van der Waals surface area contributed by atoms with Crippen molar-refractivity contribution in [1.82, 2.24) is 14.8 Å². The van der Waals surface area contributed by atoms with Gasteiger partial charge in [-0.25, -0.2) is 0 Å². The van der Waals surface area contributed by atoms with Crippen LogP contribution in [0.15, 0.2) is 24.5 Å². The van der Waals surface area contributed by atoms with E-state index < -0.39 is 0 Å². The summed E-state index contributed by atoms with van der Waals surface area (Å²) in [6.45, 7) is 8.48. The molecule has 2 rings (SSSR count). The third-order valence-corrected chi connectivity index (χ3v) is 5.23. The second-order valence-electron chi connectivity index (χ2n) is 7.50. The molecule has 0 unspecified atom stereocenters. The Hall–Kier alpha value is -1.46. The molecule has 1 aromatic heterocycles. The molecule has 1 aliphatic heterocycles. The van der Waals surface area contributed by atoms with Crippen molar-refractivity contribution in [3.63, 3.8) is 0 Å². The zero-order valence-electron chi connectivity index (χ0n) is 17.1. The monoisotopic (exact) mass is 375 g/mol. The van der Waals surface area contributed by atoms with Crippen LogP contribution >= 0.6 is 0 Å². The number of hydrogen-bond donors (Lipinski definition) is 0. The molecule has 5 nitrogen and oxygen atoms in total. The summed E-state index contributed by atoms with van der Waals surface area (Å²) in [6.07, 6.45) is 12.6. The summed E-state index contributed by atoms with van der Waals surface area (Å²) >= 11 is 0. The van der Waals surface area contributed by atoms with E-state index in [2.05, 4.69) is 16.8 Å². The van der Waals surface area contributed by atoms with Crippen molar-refractivity contribution in [2.75, 3.05) is 39.4 Å². The van der Waals surface area contributed by atoms with Gasteiger partial charge in [0.2, 0.25) is 5.91 Å². The van der Waals surface area contributed by atoms with Gasteiger partial charge < -0.3 is 9.64 Å². The van der Waals surface area contributed by atoms with E-state index in [1.165, 1.54) is 32.1 Å². The van der Waals surface area contributed by atoms with Gasteiger partial charge in [0.25, 0.3) is 0 Å². The average molecular weight is 376 g/mol. The first-order chi connectivity index (χ1) is 13.3. The SMILES string of the molecule is CCCCCCCCC(=O)N(CCCN1CCOCC1)Cc1ccncc1. The molecule has 1 aromatic rings. The molecule has 0 N–H and O–H groups in total. The Bertz CT molecular complexity index is 504. The summed E-state index contributed by atoms with van der Waals surface area (Å²) in [5.41, 5.74) is 1.16. The Morgan fingerprint density at radius 3 is 2.52 bits per heavy atom. The molecule has 5 heteroatoms. The van der Waals surface area contributed by atoms with Gasteiger partial charge >= 0.3 is 0 Å². The molecule has 0 aliphatic carbocycles. The summed E-state index contributed by atoms with van der Waals surface area (Å²) < 4.78 is 5.41. The minimum absolute atomic E-state index is 0.296. The van der Waals surface area contributed by atoms with Crippen LogP contribution in [0.25, 0.3) is 0 Å². The lowest BCUT2D eigenvalue weighted by Crippen LogP contribution is -2.39. The summed E-state index contributed by atoms with van der Waals surface area (Å²) in [4.78, 5) is 21.4. The fourth-order valence-corrected chi connectivity index (χ4v) is 3.53. The van der Waals surface area contributed by atoms with Crippen molar-refractivity contribution in [3.8, 4) is 0 Å². The number of rotatable bonds is 13. The van der Waals surface area contributed by atoms with Gasteiger partial charge in [0.15, 0.2) is 0 Å². The van der Waals surface area contributed by atoms with Crippen LogP contribution in [0.2, 0.25) is 0 Å². The number of pyridine rings is 1. The fourth-order valence-electron chi connectivity index (χ4n) is 3.53. The summed E-state index contributed by atoms with van der Waals surface area (Å²) in [6, 6.07) is 4.01. The zero-order valence-corrected chi connectivity index (χ0v) is 17.1. The molecule has 0 spiro atoms. The molecule has 0 bridgehead atoms. The van der Waals surface area contributed by atoms with Crippen LogP contribution in [0, 0.1) is 0 Å². The lowest BCUT2D eigenvalue weighted by Gasteiger charge is -2.28. The lowest BCUT2D eigenvalue weighted by molar-refractivity contribution is -0.132. The van der Waals surface area contributed by atoms with Gasteiger partial charge in [-0.1, -0.05) is 39.0 Å². The van der Waals surface area contributed by atoms with Crippen LogP contribution in [0.3, 0.4) is 0 Å². The normalized spacial score (nSPS) is 15.0. The standard InChI is InChI=1S/C22H37N3O2/c1-2-3-4-5-6-7-9-22(26)25(20-21-10-12-23-13-11-21)15-8-14-24-16-18-27-19-17-24/h10-13H,2-9,14-20H2,1H3. The fraction of sp³-hybridized carbons (Fsp3) is 0.727. The Kier molecular flexibility index (Phi) is 11.1. The van der Waals surface area contributed by atoms with E-state index in [-0.39, 0.29) is 0 Å². The smallest absolute Gasteiger partial charge is 0.222 e. The molecule has 0 radical (unpaired) electrons. The van der Waals surface area contributed by atoms with Crippen LogP contribution in [0.1, 0.15) is 63.9 Å². The van der Waals surface area contributed by atoms with Crippen LogP contribution in [0.4, 0.5) is 0 Å². The molecule has 1 fully saturated rings. The second kappa shape index (κ2) is 13.7.